The SMILES string of the molecule is Cn1cc(CC(CNC(=O)OCc2ccccc2)C(=O)O)cn1. The lowest BCUT2D eigenvalue weighted by molar-refractivity contribution is -0.141. The first-order valence-corrected chi connectivity index (χ1v) is 7.19. The van der Waals surface area contributed by atoms with Crippen molar-refractivity contribution in [2.45, 2.75) is 13.0 Å². The van der Waals surface area contributed by atoms with Crippen LogP contribution in [0.15, 0.2) is 42.7 Å². The molecule has 7 nitrogen and oxygen atoms in total. The molecule has 7 heteroatoms. The zero-order valence-corrected chi connectivity index (χ0v) is 12.8. The van der Waals surface area contributed by atoms with Gasteiger partial charge in [0, 0.05) is 19.8 Å². The Kier molecular flexibility index (Phi) is 5.74. The number of hydrogen-bond acceptors (Lipinski definition) is 4. The first kappa shape index (κ1) is 16.5. The lowest BCUT2D eigenvalue weighted by Crippen LogP contribution is -2.34. The van der Waals surface area contributed by atoms with Crippen molar-refractivity contribution in [2.75, 3.05) is 6.54 Å². The molecule has 1 aromatic heterocycles. The van der Waals surface area contributed by atoms with E-state index < -0.39 is 18.0 Å². The minimum atomic E-state index is -0.975. The average molecular weight is 317 g/mol. The Labute approximate surface area is 133 Å². The van der Waals surface area contributed by atoms with Crippen LogP contribution in [0.4, 0.5) is 4.79 Å². The van der Waals surface area contributed by atoms with Gasteiger partial charge in [0.05, 0.1) is 12.1 Å². The van der Waals surface area contributed by atoms with E-state index in [4.69, 9.17) is 4.74 Å². The number of benzene rings is 1. The van der Waals surface area contributed by atoms with Gasteiger partial charge in [-0.05, 0) is 17.5 Å². The number of alkyl carbamates (subject to hydrolysis) is 1. The summed E-state index contributed by atoms with van der Waals surface area (Å²) < 4.78 is 6.66. The van der Waals surface area contributed by atoms with Gasteiger partial charge in [0.1, 0.15) is 6.61 Å². The Balaban J connectivity index is 1.79. The lowest BCUT2D eigenvalue weighted by Gasteiger charge is -2.12. The number of carboxylic acids is 1. The largest absolute Gasteiger partial charge is 0.481 e. The fourth-order valence-electron chi connectivity index (χ4n) is 2.09. The summed E-state index contributed by atoms with van der Waals surface area (Å²) >= 11 is 0. The number of amides is 1. The summed E-state index contributed by atoms with van der Waals surface area (Å²) in [5.74, 6) is -1.71. The topological polar surface area (TPSA) is 93.5 Å². The predicted molar refractivity (Wildman–Crippen MR) is 82.7 cm³/mol. The lowest BCUT2D eigenvalue weighted by atomic mass is 10.0. The molecule has 2 aromatic rings. The Morgan fingerprint density at radius 2 is 2.04 bits per heavy atom. The Morgan fingerprint density at radius 3 is 2.65 bits per heavy atom. The summed E-state index contributed by atoms with van der Waals surface area (Å²) in [6.07, 6.45) is 3.03. The predicted octanol–water partition coefficient (Wildman–Crippen LogP) is 1.59. The van der Waals surface area contributed by atoms with E-state index in [1.165, 1.54) is 0 Å². The standard InChI is InChI=1S/C16H19N3O4/c1-19-10-13(8-18-19)7-14(15(20)21)9-17-16(22)23-11-12-5-3-2-4-6-12/h2-6,8,10,14H,7,9,11H2,1H3,(H,17,22)(H,20,21). The highest BCUT2D eigenvalue weighted by molar-refractivity contribution is 5.72. The van der Waals surface area contributed by atoms with Gasteiger partial charge in [0.15, 0.2) is 0 Å². The van der Waals surface area contributed by atoms with Crippen LogP contribution in [0.5, 0.6) is 0 Å². The molecule has 0 aliphatic heterocycles. The van der Waals surface area contributed by atoms with Gasteiger partial charge in [-0.15, -0.1) is 0 Å². The molecule has 0 fully saturated rings. The van der Waals surface area contributed by atoms with Crippen LogP contribution in [-0.2, 0) is 29.6 Å². The van der Waals surface area contributed by atoms with Crippen LogP contribution in [0.25, 0.3) is 0 Å². The highest BCUT2D eigenvalue weighted by Gasteiger charge is 2.20. The zero-order valence-electron chi connectivity index (χ0n) is 12.8. The molecule has 1 atom stereocenters. The van der Waals surface area contributed by atoms with E-state index in [9.17, 15) is 14.7 Å². The number of carbonyl (C=O) groups excluding carboxylic acids is 1. The number of ether oxygens (including phenoxy) is 1. The maximum atomic E-state index is 11.7. The van der Waals surface area contributed by atoms with E-state index in [2.05, 4.69) is 10.4 Å². The van der Waals surface area contributed by atoms with E-state index in [1.54, 1.807) is 24.1 Å². The fourth-order valence-corrected chi connectivity index (χ4v) is 2.09. The molecule has 0 saturated carbocycles. The highest BCUT2D eigenvalue weighted by Crippen LogP contribution is 2.08. The van der Waals surface area contributed by atoms with Crippen LogP contribution >= 0.6 is 0 Å². The summed E-state index contributed by atoms with van der Waals surface area (Å²) in [7, 11) is 1.76. The van der Waals surface area contributed by atoms with Gasteiger partial charge in [-0.1, -0.05) is 30.3 Å². The minimum Gasteiger partial charge on any atom is -0.481 e. The first-order chi connectivity index (χ1) is 11.0. The second kappa shape index (κ2) is 7.98. The van der Waals surface area contributed by atoms with Gasteiger partial charge < -0.3 is 15.2 Å². The van der Waals surface area contributed by atoms with Gasteiger partial charge >= 0.3 is 12.1 Å². The van der Waals surface area contributed by atoms with Gasteiger partial charge in [-0.2, -0.15) is 5.10 Å². The van der Waals surface area contributed by atoms with Crippen molar-refractivity contribution in [3.63, 3.8) is 0 Å². The molecular formula is C16H19N3O4. The molecule has 23 heavy (non-hydrogen) atoms. The monoisotopic (exact) mass is 317 g/mol. The maximum absolute atomic E-state index is 11.7. The maximum Gasteiger partial charge on any atom is 0.407 e. The van der Waals surface area contributed by atoms with Crippen molar-refractivity contribution in [1.82, 2.24) is 15.1 Å². The van der Waals surface area contributed by atoms with Crippen LogP contribution in [0, 0.1) is 5.92 Å². The molecule has 0 radical (unpaired) electrons. The normalized spacial score (nSPS) is 11.7. The Hall–Kier alpha value is -2.83. The zero-order chi connectivity index (χ0) is 16.7. The number of aliphatic carboxylic acids is 1. The van der Waals surface area contributed by atoms with Crippen LogP contribution in [-0.4, -0.2) is 33.5 Å². The number of carboxylic acid groups (broad SMARTS) is 1. The highest BCUT2D eigenvalue weighted by atomic mass is 16.5. The van der Waals surface area contributed by atoms with Crippen LogP contribution < -0.4 is 5.32 Å². The summed E-state index contributed by atoms with van der Waals surface area (Å²) in [6.45, 7) is 0.144. The number of nitrogens with one attached hydrogen (secondary N) is 1. The van der Waals surface area contributed by atoms with Gasteiger partial charge in [-0.25, -0.2) is 4.79 Å². The summed E-state index contributed by atoms with van der Waals surface area (Å²) in [6, 6.07) is 9.26. The molecule has 1 aromatic carbocycles. The molecule has 0 bridgehead atoms. The Bertz CT molecular complexity index is 654. The van der Waals surface area contributed by atoms with Crippen molar-refractivity contribution >= 4 is 12.1 Å². The second-order valence-corrected chi connectivity index (χ2v) is 5.20. The number of nitrogens with zero attached hydrogens (tertiary/aromatic N) is 2. The molecule has 122 valence electrons. The van der Waals surface area contributed by atoms with Crippen LogP contribution in [0.3, 0.4) is 0 Å². The van der Waals surface area contributed by atoms with Crippen molar-refractivity contribution in [2.24, 2.45) is 13.0 Å². The summed E-state index contributed by atoms with van der Waals surface area (Å²) in [5.41, 5.74) is 1.67. The number of aromatic nitrogens is 2. The van der Waals surface area contributed by atoms with Gasteiger partial charge in [0.25, 0.3) is 0 Å². The van der Waals surface area contributed by atoms with E-state index in [0.717, 1.165) is 11.1 Å². The number of hydrogen-bond donors (Lipinski definition) is 2. The molecule has 1 heterocycles. The quantitative estimate of drug-likeness (QED) is 0.809. The summed E-state index contributed by atoms with van der Waals surface area (Å²) in [5, 5.41) is 15.7. The Morgan fingerprint density at radius 1 is 1.30 bits per heavy atom. The minimum absolute atomic E-state index is 0.00213. The molecule has 1 unspecified atom stereocenters. The molecule has 2 N–H and O–H groups in total. The molecule has 0 saturated heterocycles. The van der Waals surface area contributed by atoms with E-state index >= 15 is 0 Å². The number of aryl methyl sites for hydroxylation is 1. The third kappa shape index (κ3) is 5.46. The summed E-state index contributed by atoms with van der Waals surface area (Å²) in [4.78, 5) is 22.9. The van der Waals surface area contributed by atoms with Crippen molar-refractivity contribution in [3.8, 4) is 0 Å². The molecule has 0 aliphatic rings. The number of rotatable bonds is 7. The first-order valence-electron chi connectivity index (χ1n) is 7.19. The second-order valence-electron chi connectivity index (χ2n) is 5.20. The molecule has 0 spiro atoms. The van der Waals surface area contributed by atoms with Crippen molar-refractivity contribution in [1.29, 1.82) is 0 Å². The van der Waals surface area contributed by atoms with Crippen molar-refractivity contribution in [3.05, 3.63) is 53.9 Å². The molecule has 2 rings (SSSR count). The van der Waals surface area contributed by atoms with E-state index in [1.807, 2.05) is 30.3 Å². The molecular weight excluding hydrogens is 298 g/mol. The molecule has 0 aliphatic carbocycles. The molecule has 1 amide bonds. The van der Waals surface area contributed by atoms with E-state index in [-0.39, 0.29) is 13.2 Å². The van der Waals surface area contributed by atoms with Gasteiger partial charge in [0.2, 0.25) is 0 Å². The number of carbonyl (C=O) groups is 2. The fraction of sp³-hybridized carbons (Fsp3) is 0.312. The van der Waals surface area contributed by atoms with Crippen LogP contribution in [0.1, 0.15) is 11.1 Å². The third-order valence-corrected chi connectivity index (χ3v) is 3.30. The van der Waals surface area contributed by atoms with Crippen molar-refractivity contribution < 1.29 is 19.4 Å². The average Bonchev–Trinajstić information content (AvgIpc) is 2.95. The third-order valence-electron chi connectivity index (χ3n) is 3.30. The van der Waals surface area contributed by atoms with Gasteiger partial charge in [-0.3, -0.25) is 9.48 Å². The smallest absolute Gasteiger partial charge is 0.407 e. The van der Waals surface area contributed by atoms with Crippen LogP contribution in [0.2, 0.25) is 0 Å². The van der Waals surface area contributed by atoms with E-state index in [0.29, 0.717) is 6.42 Å².